The summed E-state index contributed by atoms with van der Waals surface area (Å²) in [5.74, 6) is -0.309. The van der Waals surface area contributed by atoms with Crippen molar-refractivity contribution in [1.82, 2.24) is 14.5 Å². The number of nitrogens with zero attached hydrogens (tertiary/aromatic N) is 2. The maximum Gasteiger partial charge on any atom is 0.278 e. The summed E-state index contributed by atoms with van der Waals surface area (Å²) in [4.78, 5) is 43.6. The highest BCUT2D eigenvalue weighted by atomic mass is 32.2. The van der Waals surface area contributed by atoms with Crippen molar-refractivity contribution in [2.45, 2.75) is 32.5 Å². The monoisotopic (exact) mass is 399 g/mol. The highest BCUT2D eigenvalue weighted by Crippen LogP contribution is 2.20. The van der Waals surface area contributed by atoms with Crippen LogP contribution in [0.3, 0.4) is 0 Å². The van der Waals surface area contributed by atoms with Crippen LogP contribution in [0, 0.1) is 6.92 Å². The molecule has 8 nitrogen and oxygen atoms in total. The molecule has 3 aromatic rings. The maximum atomic E-state index is 12.6. The second-order valence-electron chi connectivity index (χ2n) is 6.26. The maximum absolute atomic E-state index is 12.6. The van der Waals surface area contributed by atoms with Gasteiger partial charge >= 0.3 is 0 Å². The first kappa shape index (κ1) is 19.7. The van der Waals surface area contributed by atoms with Crippen molar-refractivity contribution >= 4 is 46.0 Å². The lowest BCUT2D eigenvalue weighted by Crippen LogP contribution is -2.23. The van der Waals surface area contributed by atoms with Crippen molar-refractivity contribution in [3.05, 3.63) is 46.4 Å². The molecule has 9 heteroatoms. The average molecular weight is 399 g/mol. The van der Waals surface area contributed by atoms with Crippen molar-refractivity contribution in [3.63, 3.8) is 0 Å². The number of benzene rings is 1. The predicted octanol–water partition coefficient (Wildman–Crippen LogP) is 2.74. The Balaban J connectivity index is 1.72. The summed E-state index contributed by atoms with van der Waals surface area (Å²) in [5.41, 5.74) is 2.97. The van der Waals surface area contributed by atoms with Crippen LogP contribution in [0.1, 0.15) is 19.5 Å². The van der Waals surface area contributed by atoms with Gasteiger partial charge in [-0.2, -0.15) is 0 Å². The van der Waals surface area contributed by atoms with Crippen molar-refractivity contribution in [1.29, 1.82) is 0 Å². The fourth-order valence-electron chi connectivity index (χ4n) is 2.81. The van der Waals surface area contributed by atoms with Gasteiger partial charge in [-0.3, -0.25) is 19.0 Å². The normalized spacial score (nSPS) is 10.8. The number of fused-ring (bicyclic) bond motifs is 1. The number of aromatic amines is 1. The van der Waals surface area contributed by atoms with Gasteiger partial charge in [0.2, 0.25) is 11.8 Å². The quantitative estimate of drug-likeness (QED) is 0.436. The molecule has 0 saturated carbocycles. The fourth-order valence-corrected chi connectivity index (χ4v) is 3.67. The third-order valence-electron chi connectivity index (χ3n) is 3.95. The molecule has 2 amide bonds. The van der Waals surface area contributed by atoms with E-state index in [0.29, 0.717) is 34.1 Å². The summed E-state index contributed by atoms with van der Waals surface area (Å²) in [7, 11) is 0. The molecule has 0 aliphatic carbocycles. The van der Waals surface area contributed by atoms with Gasteiger partial charge < -0.3 is 15.6 Å². The Kier molecular flexibility index (Phi) is 5.84. The first-order valence-electron chi connectivity index (χ1n) is 8.78. The van der Waals surface area contributed by atoms with Gasteiger partial charge in [-0.25, -0.2) is 4.98 Å². The van der Waals surface area contributed by atoms with Crippen LogP contribution >= 0.6 is 11.8 Å². The Labute approximate surface area is 165 Å². The number of nitrogens with one attached hydrogen (secondary N) is 3. The first-order valence-corrected chi connectivity index (χ1v) is 9.76. The van der Waals surface area contributed by atoms with E-state index in [4.69, 9.17) is 0 Å². The molecule has 0 atom stereocenters. The fraction of sp³-hybridized carbons (Fsp3) is 0.263. The molecule has 0 fully saturated rings. The van der Waals surface area contributed by atoms with Crippen LogP contribution in [0.25, 0.3) is 11.0 Å². The van der Waals surface area contributed by atoms with Crippen LogP contribution in [-0.2, 0) is 16.1 Å². The number of carbonyl (C=O) groups excluding carboxylic acids is 2. The Hall–Kier alpha value is -3.07. The van der Waals surface area contributed by atoms with E-state index in [1.54, 1.807) is 28.8 Å². The molecule has 3 N–H and O–H groups in total. The highest BCUT2D eigenvalue weighted by Gasteiger charge is 2.14. The van der Waals surface area contributed by atoms with Gasteiger partial charge in [0.05, 0.1) is 11.3 Å². The molecule has 0 saturated heterocycles. The number of hydrogen-bond donors (Lipinski definition) is 3. The van der Waals surface area contributed by atoms with Crippen LogP contribution in [0.15, 0.2) is 40.3 Å². The van der Waals surface area contributed by atoms with Crippen molar-refractivity contribution in [2.24, 2.45) is 0 Å². The summed E-state index contributed by atoms with van der Waals surface area (Å²) in [6.07, 6.45) is 0. The lowest BCUT2D eigenvalue weighted by molar-refractivity contribution is -0.114. The number of hydrogen-bond acceptors (Lipinski definition) is 5. The minimum absolute atomic E-state index is 0.103. The number of aromatic nitrogens is 3. The van der Waals surface area contributed by atoms with Crippen molar-refractivity contribution in [3.8, 4) is 0 Å². The van der Waals surface area contributed by atoms with E-state index in [-0.39, 0.29) is 23.1 Å². The average Bonchev–Trinajstić information content (AvgIpc) is 3.00. The van der Waals surface area contributed by atoms with E-state index in [9.17, 15) is 14.4 Å². The molecule has 0 radical (unpaired) electrons. The third kappa shape index (κ3) is 4.42. The molecule has 0 spiro atoms. The standard InChI is InChI=1S/C19H21N5O3S/c1-4-24-18(27)17-15(8-11(2)20-17)23-19(24)28-10-16(26)22-14-7-5-6-13(9-14)21-12(3)25/h5-9,20H,4,10H2,1-3H3,(H,21,25)(H,22,26). The number of aryl methyl sites for hydroxylation is 1. The SMILES string of the molecule is CCn1c(SCC(=O)Nc2cccc(NC(C)=O)c2)nc2cc(C)[nH]c2c1=O. The van der Waals surface area contributed by atoms with Gasteiger partial charge in [0, 0.05) is 30.5 Å². The van der Waals surface area contributed by atoms with Gasteiger partial charge in [0.1, 0.15) is 5.52 Å². The lowest BCUT2D eigenvalue weighted by Gasteiger charge is -2.10. The lowest BCUT2D eigenvalue weighted by atomic mass is 10.2. The third-order valence-corrected chi connectivity index (χ3v) is 4.93. The van der Waals surface area contributed by atoms with Crippen LogP contribution < -0.4 is 16.2 Å². The minimum atomic E-state index is -0.229. The van der Waals surface area contributed by atoms with Crippen LogP contribution in [0.4, 0.5) is 11.4 Å². The number of amides is 2. The van der Waals surface area contributed by atoms with Crippen molar-refractivity contribution < 1.29 is 9.59 Å². The molecule has 0 aliphatic rings. The molecule has 0 aliphatic heterocycles. The molecule has 3 rings (SSSR count). The summed E-state index contributed by atoms with van der Waals surface area (Å²) in [6.45, 7) is 5.61. The topological polar surface area (TPSA) is 109 Å². The van der Waals surface area contributed by atoms with Crippen molar-refractivity contribution in [2.75, 3.05) is 16.4 Å². The largest absolute Gasteiger partial charge is 0.353 e. The second-order valence-corrected chi connectivity index (χ2v) is 7.20. The van der Waals surface area contributed by atoms with E-state index in [2.05, 4.69) is 20.6 Å². The molecule has 28 heavy (non-hydrogen) atoms. The highest BCUT2D eigenvalue weighted by molar-refractivity contribution is 7.99. The zero-order chi connectivity index (χ0) is 20.3. The summed E-state index contributed by atoms with van der Waals surface area (Å²) in [5, 5.41) is 5.96. The van der Waals surface area contributed by atoms with Crippen LogP contribution in [0.5, 0.6) is 0 Å². The van der Waals surface area contributed by atoms with E-state index < -0.39 is 0 Å². The number of anilines is 2. The van der Waals surface area contributed by atoms with Gasteiger partial charge in [0.15, 0.2) is 5.16 Å². The minimum Gasteiger partial charge on any atom is -0.353 e. The zero-order valence-electron chi connectivity index (χ0n) is 15.8. The number of H-pyrrole nitrogens is 1. The van der Waals surface area contributed by atoms with Crippen LogP contribution in [0.2, 0.25) is 0 Å². The molecule has 2 heterocycles. The zero-order valence-corrected chi connectivity index (χ0v) is 16.6. The summed E-state index contributed by atoms with van der Waals surface area (Å²) < 4.78 is 1.55. The van der Waals surface area contributed by atoms with E-state index in [1.807, 2.05) is 19.9 Å². The van der Waals surface area contributed by atoms with E-state index in [0.717, 1.165) is 5.69 Å². The van der Waals surface area contributed by atoms with Crippen LogP contribution in [-0.4, -0.2) is 32.1 Å². The van der Waals surface area contributed by atoms with Gasteiger partial charge in [-0.1, -0.05) is 17.8 Å². The molecule has 0 bridgehead atoms. The molecule has 0 unspecified atom stereocenters. The molecular formula is C19H21N5O3S. The predicted molar refractivity (Wildman–Crippen MR) is 111 cm³/mol. The number of rotatable bonds is 6. The molecular weight excluding hydrogens is 378 g/mol. The smallest absolute Gasteiger partial charge is 0.278 e. The van der Waals surface area contributed by atoms with E-state index >= 15 is 0 Å². The summed E-state index contributed by atoms with van der Waals surface area (Å²) >= 11 is 1.21. The van der Waals surface area contributed by atoms with Gasteiger partial charge in [0.25, 0.3) is 5.56 Å². The van der Waals surface area contributed by atoms with E-state index in [1.165, 1.54) is 18.7 Å². The molecule has 146 valence electrons. The first-order chi connectivity index (χ1) is 13.4. The van der Waals surface area contributed by atoms with Gasteiger partial charge in [-0.05, 0) is 38.1 Å². The molecule has 2 aromatic heterocycles. The Morgan fingerprint density at radius 1 is 1.21 bits per heavy atom. The summed E-state index contributed by atoms with van der Waals surface area (Å²) in [6, 6.07) is 8.71. The number of carbonyl (C=O) groups is 2. The Morgan fingerprint density at radius 3 is 2.61 bits per heavy atom. The second kappa shape index (κ2) is 8.30. The van der Waals surface area contributed by atoms with Gasteiger partial charge in [-0.15, -0.1) is 0 Å². The Morgan fingerprint density at radius 2 is 1.93 bits per heavy atom. The number of thioether (sulfide) groups is 1. The Bertz CT molecular complexity index is 1100. The molecule has 1 aromatic carbocycles.